The molecule has 1 N–H and O–H groups in total. The third-order valence-corrected chi connectivity index (χ3v) is 7.06. The number of rotatable bonds is 7. The third kappa shape index (κ3) is 4.39. The Morgan fingerprint density at radius 1 is 1.27 bits per heavy atom. The van der Waals surface area contributed by atoms with Crippen LogP contribution in [0.15, 0.2) is 29.6 Å². The van der Waals surface area contributed by atoms with Gasteiger partial charge in [-0.3, -0.25) is 4.79 Å². The number of benzene rings is 1. The van der Waals surface area contributed by atoms with Crippen molar-refractivity contribution in [1.82, 2.24) is 4.98 Å². The van der Waals surface area contributed by atoms with Crippen LogP contribution in [0.4, 0.5) is 5.00 Å². The quantitative estimate of drug-likeness (QED) is 0.509. The van der Waals surface area contributed by atoms with Crippen LogP contribution in [-0.2, 0) is 16.1 Å². The average molecular weight is 443 g/mol. The van der Waals surface area contributed by atoms with Crippen LogP contribution in [0.3, 0.4) is 0 Å². The summed E-state index contributed by atoms with van der Waals surface area (Å²) in [4.78, 5) is 30.5. The van der Waals surface area contributed by atoms with E-state index in [0.29, 0.717) is 16.3 Å². The summed E-state index contributed by atoms with van der Waals surface area (Å²) >= 11 is 2.90. The van der Waals surface area contributed by atoms with Gasteiger partial charge >= 0.3 is 5.97 Å². The van der Waals surface area contributed by atoms with Gasteiger partial charge in [0.2, 0.25) is 5.91 Å². The van der Waals surface area contributed by atoms with Crippen LogP contribution in [0, 0.1) is 19.8 Å². The van der Waals surface area contributed by atoms with E-state index in [1.807, 2.05) is 43.5 Å². The molecule has 0 radical (unpaired) electrons. The smallest absolute Gasteiger partial charge is 0.341 e. The monoisotopic (exact) mass is 442 g/mol. The third-order valence-electron chi connectivity index (χ3n) is 4.99. The molecule has 0 bridgehead atoms. The Bertz CT molecular complexity index is 1100. The molecule has 0 aliphatic heterocycles. The van der Waals surface area contributed by atoms with Crippen LogP contribution in [0.2, 0.25) is 0 Å². The molecule has 0 spiro atoms. The van der Waals surface area contributed by atoms with Crippen molar-refractivity contribution in [3.8, 4) is 16.3 Å². The first-order valence-electron chi connectivity index (χ1n) is 9.63. The zero-order valence-corrected chi connectivity index (χ0v) is 18.6. The molecule has 1 amide bonds. The zero-order valence-electron chi connectivity index (χ0n) is 17.0. The Morgan fingerprint density at radius 2 is 2.07 bits per heavy atom. The van der Waals surface area contributed by atoms with Crippen molar-refractivity contribution in [3.63, 3.8) is 0 Å². The molecule has 1 fully saturated rings. The predicted octanol–water partition coefficient (Wildman–Crippen LogP) is 5.20. The minimum absolute atomic E-state index is 0.0206. The predicted molar refractivity (Wildman–Crippen MR) is 118 cm³/mol. The van der Waals surface area contributed by atoms with Crippen molar-refractivity contribution in [2.75, 3.05) is 12.4 Å². The summed E-state index contributed by atoms with van der Waals surface area (Å²) in [6.45, 7) is 3.88. The average Bonchev–Trinajstić information content (AvgIpc) is 3.43. The van der Waals surface area contributed by atoms with Gasteiger partial charge in [-0.1, -0.05) is 12.1 Å². The van der Waals surface area contributed by atoms with Crippen molar-refractivity contribution < 1.29 is 19.1 Å². The molecule has 0 atom stereocenters. The Kier molecular flexibility index (Phi) is 5.87. The van der Waals surface area contributed by atoms with Gasteiger partial charge in [0.1, 0.15) is 22.4 Å². The highest BCUT2D eigenvalue weighted by atomic mass is 32.1. The minimum Gasteiger partial charge on any atom is -0.497 e. The number of anilines is 1. The van der Waals surface area contributed by atoms with Crippen LogP contribution < -0.4 is 10.1 Å². The number of amides is 1. The van der Waals surface area contributed by atoms with E-state index in [2.05, 4.69) is 10.3 Å². The number of carbonyl (C=O) groups excluding carboxylic acids is 2. The maximum absolute atomic E-state index is 12.8. The number of nitrogens with one attached hydrogen (secondary N) is 1. The fourth-order valence-electron chi connectivity index (χ4n) is 2.99. The minimum atomic E-state index is -0.445. The van der Waals surface area contributed by atoms with Gasteiger partial charge in [-0.05, 0) is 44.4 Å². The van der Waals surface area contributed by atoms with Crippen molar-refractivity contribution >= 4 is 39.6 Å². The number of thiophene rings is 1. The van der Waals surface area contributed by atoms with Gasteiger partial charge in [0.15, 0.2) is 0 Å². The molecule has 4 rings (SSSR count). The highest BCUT2D eigenvalue weighted by Crippen LogP contribution is 2.36. The van der Waals surface area contributed by atoms with Crippen LogP contribution in [0.1, 0.15) is 39.3 Å². The first-order valence-corrected chi connectivity index (χ1v) is 11.3. The molecule has 8 heteroatoms. The molecule has 30 heavy (non-hydrogen) atoms. The lowest BCUT2D eigenvalue weighted by Gasteiger charge is -2.07. The maximum atomic E-state index is 12.8. The number of aromatic nitrogens is 1. The molecule has 2 heterocycles. The van der Waals surface area contributed by atoms with E-state index in [1.165, 1.54) is 22.7 Å². The summed E-state index contributed by atoms with van der Waals surface area (Å²) in [5.74, 6) is 0.369. The molecule has 1 aromatic carbocycles. The number of thiazole rings is 1. The fraction of sp³-hybridized carbons (Fsp3) is 0.318. The first kappa shape index (κ1) is 20.6. The van der Waals surface area contributed by atoms with E-state index in [0.717, 1.165) is 39.6 Å². The molecular weight excluding hydrogens is 420 g/mol. The van der Waals surface area contributed by atoms with Crippen molar-refractivity contribution in [3.05, 3.63) is 51.3 Å². The Balaban J connectivity index is 1.45. The SMILES string of the molecule is COc1cccc(-c2nc(COC(=O)c3c(NC(=O)C4CC4)sc(C)c3C)cs2)c1. The number of carbonyl (C=O) groups is 2. The zero-order chi connectivity index (χ0) is 21.3. The highest BCUT2D eigenvalue weighted by Gasteiger charge is 2.31. The van der Waals surface area contributed by atoms with Gasteiger partial charge in [0, 0.05) is 21.7 Å². The topological polar surface area (TPSA) is 77.5 Å². The standard InChI is InChI=1S/C22H22N2O4S2/c1-12-13(2)30-21(24-19(25)14-7-8-14)18(12)22(26)28-10-16-11-29-20(23-16)15-5-4-6-17(9-15)27-3/h4-6,9,11,14H,7-8,10H2,1-3H3,(H,24,25). The Morgan fingerprint density at radius 3 is 2.80 bits per heavy atom. The van der Waals surface area contributed by atoms with E-state index < -0.39 is 5.97 Å². The summed E-state index contributed by atoms with van der Waals surface area (Å²) in [6, 6.07) is 7.67. The maximum Gasteiger partial charge on any atom is 0.341 e. The fourth-order valence-corrected chi connectivity index (χ4v) is 4.85. The molecule has 0 unspecified atom stereocenters. The molecule has 1 saturated carbocycles. The van der Waals surface area contributed by atoms with Crippen LogP contribution in [0.25, 0.3) is 10.6 Å². The first-order chi connectivity index (χ1) is 14.5. The number of nitrogens with zero attached hydrogens (tertiary/aromatic N) is 1. The second-order valence-corrected chi connectivity index (χ2v) is 9.29. The summed E-state index contributed by atoms with van der Waals surface area (Å²) in [5.41, 5.74) is 2.91. The summed E-state index contributed by atoms with van der Waals surface area (Å²) in [5, 5.41) is 6.19. The number of methoxy groups -OCH3 is 1. The number of esters is 1. The molecule has 3 aromatic rings. The van der Waals surface area contributed by atoms with Crippen LogP contribution >= 0.6 is 22.7 Å². The van der Waals surface area contributed by atoms with Crippen molar-refractivity contribution in [1.29, 1.82) is 0 Å². The van der Waals surface area contributed by atoms with Gasteiger partial charge in [0.05, 0.1) is 18.4 Å². The van der Waals surface area contributed by atoms with Crippen molar-refractivity contribution in [2.45, 2.75) is 33.3 Å². The molecule has 1 aliphatic rings. The Hall–Kier alpha value is -2.71. The van der Waals surface area contributed by atoms with Crippen LogP contribution in [0.5, 0.6) is 5.75 Å². The number of ether oxygens (including phenoxy) is 2. The number of aryl methyl sites for hydroxylation is 1. The van der Waals surface area contributed by atoms with E-state index in [-0.39, 0.29) is 18.4 Å². The lowest BCUT2D eigenvalue weighted by atomic mass is 10.1. The normalized spacial score (nSPS) is 13.2. The van der Waals surface area contributed by atoms with Gasteiger partial charge in [-0.2, -0.15) is 0 Å². The second-order valence-electron chi connectivity index (χ2n) is 7.20. The lowest BCUT2D eigenvalue weighted by Crippen LogP contribution is -2.16. The number of hydrogen-bond donors (Lipinski definition) is 1. The highest BCUT2D eigenvalue weighted by molar-refractivity contribution is 7.16. The lowest BCUT2D eigenvalue weighted by molar-refractivity contribution is -0.117. The van der Waals surface area contributed by atoms with Gasteiger partial charge in [-0.25, -0.2) is 9.78 Å². The van der Waals surface area contributed by atoms with Gasteiger partial charge in [-0.15, -0.1) is 22.7 Å². The van der Waals surface area contributed by atoms with Crippen molar-refractivity contribution in [2.24, 2.45) is 5.92 Å². The van der Waals surface area contributed by atoms with Gasteiger partial charge in [0.25, 0.3) is 0 Å². The molecular formula is C22H22N2O4S2. The second kappa shape index (κ2) is 8.57. The molecule has 6 nitrogen and oxygen atoms in total. The van der Waals surface area contributed by atoms with E-state index in [9.17, 15) is 9.59 Å². The summed E-state index contributed by atoms with van der Waals surface area (Å²) in [7, 11) is 1.63. The molecule has 0 saturated heterocycles. The summed E-state index contributed by atoms with van der Waals surface area (Å²) in [6.07, 6.45) is 1.82. The molecule has 2 aromatic heterocycles. The van der Waals surface area contributed by atoms with E-state index in [1.54, 1.807) is 7.11 Å². The largest absolute Gasteiger partial charge is 0.497 e. The summed E-state index contributed by atoms with van der Waals surface area (Å²) < 4.78 is 10.8. The Labute approximate surface area is 182 Å². The molecule has 1 aliphatic carbocycles. The van der Waals surface area contributed by atoms with E-state index in [4.69, 9.17) is 9.47 Å². The van der Waals surface area contributed by atoms with Crippen LogP contribution in [-0.4, -0.2) is 24.0 Å². The van der Waals surface area contributed by atoms with Gasteiger partial charge < -0.3 is 14.8 Å². The molecule has 156 valence electrons. The van der Waals surface area contributed by atoms with E-state index >= 15 is 0 Å². The number of hydrogen-bond acceptors (Lipinski definition) is 7.